The summed E-state index contributed by atoms with van der Waals surface area (Å²) < 4.78 is 0. The van der Waals surface area contributed by atoms with Gasteiger partial charge in [0.15, 0.2) is 5.13 Å². The Morgan fingerprint density at radius 1 is 1.36 bits per heavy atom. The molecule has 0 saturated carbocycles. The van der Waals surface area contributed by atoms with E-state index in [2.05, 4.69) is 20.5 Å². The molecular formula is C17H19ClN4O2S. The normalized spacial score (nSPS) is 14.0. The SMILES string of the molecule is CC(=O)Nc1nc2c(s1)CN(CC(=O)NCc1ccccc1Cl)CC2. The van der Waals surface area contributed by atoms with Gasteiger partial charge >= 0.3 is 0 Å². The summed E-state index contributed by atoms with van der Waals surface area (Å²) in [5, 5.41) is 6.91. The van der Waals surface area contributed by atoms with Crippen molar-refractivity contribution >= 4 is 39.9 Å². The molecule has 0 spiro atoms. The van der Waals surface area contributed by atoms with Crippen molar-refractivity contribution in [1.29, 1.82) is 0 Å². The molecule has 2 heterocycles. The van der Waals surface area contributed by atoms with Gasteiger partial charge in [0.1, 0.15) is 0 Å². The number of nitrogens with zero attached hydrogens (tertiary/aromatic N) is 2. The highest BCUT2D eigenvalue weighted by atomic mass is 35.5. The van der Waals surface area contributed by atoms with Gasteiger partial charge < -0.3 is 10.6 Å². The first-order chi connectivity index (χ1) is 12.0. The molecule has 0 fully saturated rings. The first-order valence-corrected chi connectivity index (χ1v) is 9.19. The zero-order chi connectivity index (χ0) is 17.8. The van der Waals surface area contributed by atoms with Crippen molar-refractivity contribution in [3.63, 3.8) is 0 Å². The maximum absolute atomic E-state index is 12.2. The third-order valence-electron chi connectivity index (χ3n) is 3.89. The Kier molecular flexibility index (Phi) is 5.67. The lowest BCUT2D eigenvalue weighted by Gasteiger charge is -2.25. The van der Waals surface area contributed by atoms with E-state index in [-0.39, 0.29) is 11.8 Å². The fourth-order valence-electron chi connectivity index (χ4n) is 2.68. The molecule has 1 aliphatic rings. The molecule has 25 heavy (non-hydrogen) atoms. The minimum atomic E-state index is -0.123. The van der Waals surface area contributed by atoms with Crippen LogP contribution >= 0.6 is 22.9 Å². The second kappa shape index (κ2) is 7.95. The summed E-state index contributed by atoms with van der Waals surface area (Å²) in [5.41, 5.74) is 1.92. The van der Waals surface area contributed by atoms with Gasteiger partial charge in [-0.05, 0) is 11.6 Å². The molecule has 2 aromatic rings. The molecule has 6 nitrogen and oxygen atoms in total. The van der Waals surface area contributed by atoms with Crippen LogP contribution in [0.25, 0.3) is 0 Å². The van der Waals surface area contributed by atoms with Crippen molar-refractivity contribution in [2.45, 2.75) is 26.4 Å². The molecule has 1 aliphatic heterocycles. The van der Waals surface area contributed by atoms with Crippen molar-refractivity contribution in [2.24, 2.45) is 0 Å². The molecule has 132 valence electrons. The largest absolute Gasteiger partial charge is 0.351 e. The molecule has 0 radical (unpaired) electrons. The van der Waals surface area contributed by atoms with Crippen LogP contribution in [0.4, 0.5) is 5.13 Å². The van der Waals surface area contributed by atoms with E-state index < -0.39 is 0 Å². The molecule has 0 unspecified atom stereocenters. The maximum Gasteiger partial charge on any atom is 0.234 e. The fraction of sp³-hybridized carbons (Fsp3) is 0.353. The number of amides is 2. The zero-order valence-electron chi connectivity index (χ0n) is 13.8. The van der Waals surface area contributed by atoms with Gasteiger partial charge in [-0.3, -0.25) is 14.5 Å². The van der Waals surface area contributed by atoms with Crippen molar-refractivity contribution in [1.82, 2.24) is 15.2 Å². The molecule has 0 saturated heterocycles. The van der Waals surface area contributed by atoms with Gasteiger partial charge in [-0.2, -0.15) is 0 Å². The third kappa shape index (κ3) is 4.78. The van der Waals surface area contributed by atoms with Crippen molar-refractivity contribution in [3.05, 3.63) is 45.4 Å². The summed E-state index contributed by atoms with van der Waals surface area (Å²) in [6, 6.07) is 7.47. The molecule has 1 aromatic heterocycles. The minimum absolute atomic E-state index is 0.0324. The van der Waals surface area contributed by atoms with Crippen molar-refractivity contribution < 1.29 is 9.59 Å². The lowest BCUT2D eigenvalue weighted by Crippen LogP contribution is -2.39. The molecule has 1 aromatic carbocycles. The van der Waals surface area contributed by atoms with Crippen LogP contribution in [0, 0.1) is 0 Å². The number of hydrogen-bond donors (Lipinski definition) is 2. The van der Waals surface area contributed by atoms with E-state index in [1.807, 2.05) is 24.3 Å². The minimum Gasteiger partial charge on any atom is -0.351 e. The van der Waals surface area contributed by atoms with Crippen LogP contribution in [0.5, 0.6) is 0 Å². The summed E-state index contributed by atoms with van der Waals surface area (Å²) >= 11 is 7.57. The quantitative estimate of drug-likeness (QED) is 0.838. The van der Waals surface area contributed by atoms with Crippen LogP contribution in [0.15, 0.2) is 24.3 Å². The first kappa shape index (κ1) is 17.8. The highest BCUT2D eigenvalue weighted by molar-refractivity contribution is 7.15. The third-order valence-corrected chi connectivity index (χ3v) is 5.26. The van der Waals surface area contributed by atoms with Crippen LogP contribution < -0.4 is 10.6 Å². The van der Waals surface area contributed by atoms with Gasteiger partial charge in [0.05, 0.1) is 12.2 Å². The number of rotatable bonds is 5. The summed E-state index contributed by atoms with van der Waals surface area (Å²) in [4.78, 5) is 30.9. The second-order valence-electron chi connectivity index (χ2n) is 5.90. The predicted molar refractivity (Wildman–Crippen MR) is 98.7 cm³/mol. The maximum atomic E-state index is 12.2. The Balaban J connectivity index is 1.52. The number of hydrogen-bond acceptors (Lipinski definition) is 5. The number of aromatic nitrogens is 1. The molecule has 0 bridgehead atoms. The molecule has 0 aliphatic carbocycles. The average Bonchev–Trinajstić information content (AvgIpc) is 2.94. The van der Waals surface area contributed by atoms with E-state index in [4.69, 9.17) is 11.6 Å². The van der Waals surface area contributed by atoms with E-state index in [9.17, 15) is 9.59 Å². The van der Waals surface area contributed by atoms with Crippen LogP contribution in [0.2, 0.25) is 5.02 Å². The number of carbonyl (C=O) groups is 2. The van der Waals surface area contributed by atoms with E-state index in [0.717, 1.165) is 29.1 Å². The number of halogens is 1. The Labute approximate surface area is 155 Å². The van der Waals surface area contributed by atoms with Gasteiger partial charge in [-0.25, -0.2) is 4.98 Å². The van der Waals surface area contributed by atoms with Gasteiger partial charge in [0.2, 0.25) is 11.8 Å². The van der Waals surface area contributed by atoms with E-state index in [1.54, 1.807) is 0 Å². The lowest BCUT2D eigenvalue weighted by molar-refractivity contribution is -0.122. The molecule has 2 amide bonds. The topological polar surface area (TPSA) is 74.3 Å². The van der Waals surface area contributed by atoms with E-state index in [0.29, 0.717) is 29.8 Å². The summed E-state index contributed by atoms with van der Waals surface area (Å²) in [7, 11) is 0. The molecule has 3 rings (SSSR count). The highest BCUT2D eigenvalue weighted by Crippen LogP contribution is 2.28. The zero-order valence-corrected chi connectivity index (χ0v) is 15.4. The van der Waals surface area contributed by atoms with Gasteiger partial charge in [-0.15, -0.1) is 11.3 Å². The molecule has 8 heteroatoms. The van der Waals surface area contributed by atoms with E-state index in [1.165, 1.54) is 18.3 Å². The number of thiazole rings is 1. The highest BCUT2D eigenvalue weighted by Gasteiger charge is 2.22. The summed E-state index contributed by atoms with van der Waals surface area (Å²) in [5.74, 6) is -0.156. The monoisotopic (exact) mass is 378 g/mol. The summed E-state index contributed by atoms with van der Waals surface area (Å²) in [6.45, 7) is 3.67. The van der Waals surface area contributed by atoms with Crippen LogP contribution in [-0.4, -0.2) is 34.8 Å². The van der Waals surface area contributed by atoms with Gasteiger partial charge in [0, 0.05) is 42.9 Å². The second-order valence-corrected chi connectivity index (χ2v) is 7.39. The van der Waals surface area contributed by atoms with E-state index >= 15 is 0 Å². The molecule has 0 atom stereocenters. The fourth-order valence-corrected chi connectivity index (χ4v) is 3.98. The van der Waals surface area contributed by atoms with Crippen LogP contribution in [0.3, 0.4) is 0 Å². The number of nitrogens with one attached hydrogen (secondary N) is 2. The summed E-state index contributed by atoms with van der Waals surface area (Å²) in [6.07, 6.45) is 0.781. The number of fused-ring (bicyclic) bond motifs is 1. The number of anilines is 1. The predicted octanol–water partition coefficient (Wildman–Crippen LogP) is 2.43. The average molecular weight is 379 g/mol. The van der Waals surface area contributed by atoms with Crippen molar-refractivity contribution in [2.75, 3.05) is 18.4 Å². The standard InChI is InChI=1S/C17H19ClN4O2S/c1-11(23)20-17-21-14-6-7-22(9-15(14)25-17)10-16(24)19-8-12-4-2-3-5-13(12)18/h2-5H,6-10H2,1H3,(H,19,24)(H,20,21,23). The Morgan fingerprint density at radius 3 is 2.92 bits per heavy atom. The smallest absolute Gasteiger partial charge is 0.234 e. The van der Waals surface area contributed by atoms with Gasteiger partial charge in [0.25, 0.3) is 0 Å². The van der Waals surface area contributed by atoms with Crippen LogP contribution in [0.1, 0.15) is 23.1 Å². The Bertz CT molecular complexity index is 793. The lowest BCUT2D eigenvalue weighted by atomic mass is 10.2. The number of benzene rings is 1. The number of carbonyl (C=O) groups excluding carboxylic acids is 2. The molecular weight excluding hydrogens is 360 g/mol. The van der Waals surface area contributed by atoms with Crippen molar-refractivity contribution in [3.8, 4) is 0 Å². The first-order valence-electron chi connectivity index (χ1n) is 8.00. The molecule has 2 N–H and O–H groups in total. The Hall–Kier alpha value is -1.96. The van der Waals surface area contributed by atoms with Crippen LogP contribution in [-0.2, 0) is 29.1 Å². The Morgan fingerprint density at radius 2 is 2.16 bits per heavy atom. The van der Waals surface area contributed by atoms with Gasteiger partial charge in [-0.1, -0.05) is 29.8 Å².